The van der Waals surface area contributed by atoms with Gasteiger partial charge in [0.15, 0.2) is 5.82 Å². The monoisotopic (exact) mass is 278 g/mol. The number of hydrogen-bond acceptors (Lipinski definition) is 4. The lowest BCUT2D eigenvalue weighted by Gasteiger charge is -2.07. The van der Waals surface area contributed by atoms with E-state index in [-0.39, 0.29) is 11.8 Å². The molecule has 1 aliphatic carbocycles. The number of rotatable bonds is 3. The molecule has 2 atom stereocenters. The van der Waals surface area contributed by atoms with Crippen LogP contribution >= 0.6 is 11.6 Å². The summed E-state index contributed by atoms with van der Waals surface area (Å²) in [5.74, 6) is -0.727. The topological polar surface area (TPSA) is 80.9 Å². The third-order valence-corrected chi connectivity index (χ3v) is 3.57. The van der Waals surface area contributed by atoms with Gasteiger partial charge in [0.05, 0.1) is 11.6 Å². The fourth-order valence-electron chi connectivity index (χ4n) is 2.16. The van der Waals surface area contributed by atoms with Crippen molar-refractivity contribution >= 4 is 17.6 Å². The minimum Gasteiger partial charge on any atom is -0.481 e. The predicted octanol–water partition coefficient (Wildman–Crippen LogP) is 1.81. The Labute approximate surface area is 114 Å². The van der Waals surface area contributed by atoms with Crippen LogP contribution in [0.3, 0.4) is 0 Å². The molecule has 1 saturated carbocycles. The average molecular weight is 279 g/mol. The van der Waals surface area contributed by atoms with E-state index in [4.69, 9.17) is 16.7 Å². The van der Waals surface area contributed by atoms with Crippen LogP contribution in [0.5, 0.6) is 0 Å². The van der Waals surface area contributed by atoms with Gasteiger partial charge in [-0.3, -0.25) is 4.79 Å². The maximum atomic E-state index is 10.9. The number of tetrazole rings is 1. The summed E-state index contributed by atoms with van der Waals surface area (Å²) in [6.45, 7) is 1.93. The summed E-state index contributed by atoms with van der Waals surface area (Å²) >= 11 is 5.98. The summed E-state index contributed by atoms with van der Waals surface area (Å²) < 4.78 is 1.58. The molecule has 0 saturated heterocycles. The Balaban J connectivity index is 2.01. The summed E-state index contributed by atoms with van der Waals surface area (Å²) in [4.78, 5) is 10.9. The predicted molar refractivity (Wildman–Crippen MR) is 67.4 cm³/mol. The number of aryl methyl sites for hydroxylation is 1. The Hall–Kier alpha value is -1.95. The molecule has 98 valence electrons. The van der Waals surface area contributed by atoms with E-state index in [1.807, 2.05) is 13.0 Å². The molecular formula is C12H11ClN4O2. The minimum absolute atomic E-state index is 0.120. The molecular weight excluding hydrogens is 268 g/mol. The van der Waals surface area contributed by atoms with E-state index in [1.54, 1.807) is 16.8 Å². The second-order valence-corrected chi connectivity index (χ2v) is 5.10. The lowest BCUT2D eigenvalue weighted by atomic mass is 10.2. The van der Waals surface area contributed by atoms with Gasteiger partial charge in [0.25, 0.3) is 0 Å². The Morgan fingerprint density at radius 2 is 2.32 bits per heavy atom. The van der Waals surface area contributed by atoms with Gasteiger partial charge in [-0.1, -0.05) is 17.7 Å². The molecule has 0 amide bonds. The summed E-state index contributed by atoms with van der Waals surface area (Å²) in [6, 6.07) is 5.45. The maximum absolute atomic E-state index is 10.9. The lowest BCUT2D eigenvalue weighted by Crippen LogP contribution is -2.07. The van der Waals surface area contributed by atoms with E-state index >= 15 is 0 Å². The molecule has 0 spiro atoms. The molecule has 0 bridgehead atoms. The van der Waals surface area contributed by atoms with E-state index in [9.17, 15) is 4.79 Å². The Bertz CT molecular complexity index is 655. The van der Waals surface area contributed by atoms with Crippen molar-refractivity contribution in [2.24, 2.45) is 5.92 Å². The van der Waals surface area contributed by atoms with Gasteiger partial charge in [-0.05, 0) is 41.5 Å². The van der Waals surface area contributed by atoms with Crippen molar-refractivity contribution in [2.45, 2.75) is 19.3 Å². The van der Waals surface area contributed by atoms with Gasteiger partial charge in [-0.25, -0.2) is 0 Å². The number of nitrogens with zero attached hydrogens (tertiary/aromatic N) is 4. The van der Waals surface area contributed by atoms with Gasteiger partial charge < -0.3 is 5.11 Å². The number of carboxylic acid groups (broad SMARTS) is 1. The van der Waals surface area contributed by atoms with Gasteiger partial charge in [0, 0.05) is 10.9 Å². The number of carboxylic acids is 1. The zero-order chi connectivity index (χ0) is 13.6. The van der Waals surface area contributed by atoms with Crippen LogP contribution in [-0.2, 0) is 4.79 Å². The van der Waals surface area contributed by atoms with Crippen LogP contribution in [-0.4, -0.2) is 31.3 Å². The minimum atomic E-state index is -0.803. The smallest absolute Gasteiger partial charge is 0.307 e. The summed E-state index contributed by atoms with van der Waals surface area (Å²) in [5.41, 5.74) is 1.76. The second kappa shape index (κ2) is 4.31. The van der Waals surface area contributed by atoms with E-state index in [1.165, 1.54) is 0 Å². The number of hydrogen-bond donors (Lipinski definition) is 1. The SMILES string of the molecule is Cc1ccc(Cl)cc1-n1nnnc1C1CC1C(=O)O. The molecule has 2 unspecified atom stereocenters. The summed E-state index contributed by atoms with van der Waals surface area (Å²) in [6.07, 6.45) is 0.579. The molecule has 3 rings (SSSR count). The molecule has 1 heterocycles. The number of carbonyl (C=O) groups is 1. The van der Waals surface area contributed by atoms with Crippen LogP contribution < -0.4 is 0 Å². The molecule has 1 aromatic carbocycles. The van der Waals surface area contributed by atoms with Crippen LogP contribution in [0.2, 0.25) is 5.02 Å². The van der Waals surface area contributed by atoms with Crippen molar-refractivity contribution in [2.75, 3.05) is 0 Å². The van der Waals surface area contributed by atoms with Gasteiger partial charge in [-0.15, -0.1) is 5.10 Å². The molecule has 1 fully saturated rings. The van der Waals surface area contributed by atoms with Gasteiger partial charge in [0.2, 0.25) is 0 Å². The van der Waals surface area contributed by atoms with E-state index < -0.39 is 5.97 Å². The molecule has 2 aromatic rings. The van der Waals surface area contributed by atoms with Crippen molar-refractivity contribution in [3.63, 3.8) is 0 Å². The van der Waals surface area contributed by atoms with Crippen molar-refractivity contribution in [1.82, 2.24) is 20.2 Å². The summed E-state index contributed by atoms with van der Waals surface area (Å²) in [7, 11) is 0. The van der Waals surface area contributed by atoms with Gasteiger partial charge >= 0.3 is 5.97 Å². The largest absolute Gasteiger partial charge is 0.481 e. The number of aromatic nitrogens is 4. The normalized spacial score (nSPS) is 21.4. The lowest BCUT2D eigenvalue weighted by molar-refractivity contribution is -0.138. The highest BCUT2D eigenvalue weighted by atomic mass is 35.5. The van der Waals surface area contributed by atoms with Crippen LogP contribution in [0.15, 0.2) is 18.2 Å². The highest BCUT2D eigenvalue weighted by Gasteiger charge is 2.47. The fourth-order valence-corrected chi connectivity index (χ4v) is 2.33. The van der Waals surface area contributed by atoms with Crippen molar-refractivity contribution in [3.05, 3.63) is 34.6 Å². The molecule has 1 aromatic heterocycles. The first kappa shape index (κ1) is 12.1. The number of benzene rings is 1. The van der Waals surface area contributed by atoms with E-state index in [2.05, 4.69) is 15.5 Å². The first-order valence-corrected chi connectivity index (χ1v) is 6.23. The van der Waals surface area contributed by atoms with Crippen molar-refractivity contribution in [1.29, 1.82) is 0 Å². The zero-order valence-corrected chi connectivity index (χ0v) is 10.9. The average Bonchev–Trinajstić information content (AvgIpc) is 3.03. The standard InChI is InChI=1S/C12H11ClN4O2/c1-6-2-3-7(13)4-10(6)17-11(14-15-16-17)8-5-9(8)12(18)19/h2-4,8-9H,5H2,1H3,(H,18,19). The first-order valence-electron chi connectivity index (χ1n) is 5.85. The number of aliphatic carboxylic acids is 1. The quantitative estimate of drug-likeness (QED) is 0.926. The van der Waals surface area contributed by atoms with Gasteiger partial charge in [0.1, 0.15) is 0 Å². The zero-order valence-electron chi connectivity index (χ0n) is 10.1. The Kier molecular flexibility index (Phi) is 2.74. The third-order valence-electron chi connectivity index (χ3n) is 3.33. The fraction of sp³-hybridized carbons (Fsp3) is 0.333. The molecule has 0 aliphatic heterocycles. The highest BCUT2D eigenvalue weighted by molar-refractivity contribution is 6.30. The summed E-state index contributed by atoms with van der Waals surface area (Å²) in [5, 5.41) is 21.1. The van der Waals surface area contributed by atoms with E-state index in [0.29, 0.717) is 17.3 Å². The van der Waals surface area contributed by atoms with Crippen molar-refractivity contribution in [3.8, 4) is 5.69 Å². The Morgan fingerprint density at radius 1 is 1.53 bits per heavy atom. The van der Waals surface area contributed by atoms with Crippen LogP contribution in [0.25, 0.3) is 5.69 Å². The van der Waals surface area contributed by atoms with E-state index in [0.717, 1.165) is 11.3 Å². The molecule has 1 N–H and O–H groups in total. The molecule has 6 nitrogen and oxygen atoms in total. The molecule has 7 heteroatoms. The first-order chi connectivity index (χ1) is 9.08. The third kappa shape index (κ3) is 2.08. The van der Waals surface area contributed by atoms with Crippen molar-refractivity contribution < 1.29 is 9.90 Å². The van der Waals surface area contributed by atoms with Crippen LogP contribution in [0, 0.1) is 12.8 Å². The maximum Gasteiger partial charge on any atom is 0.307 e. The second-order valence-electron chi connectivity index (χ2n) is 4.67. The Morgan fingerprint density at radius 3 is 3.00 bits per heavy atom. The van der Waals surface area contributed by atoms with Crippen LogP contribution in [0.1, 0.15) is 23.7 Å². The van der Waals surface area contributed by atoms with Gasteiger partial charge in [-0.2, -0.15) is 4.68 Å². The molecule has 0 radical (unpaired) electrons. The molecule has 19 heavy (non-hydrogen) atoms. The highest BCUT2D eigenvalue weighted by Crippen LogP contribution is 2.47. The number of halogens is 1. The van der Waals surface area contributed by atoms with Crippen LogP contribution in [0.4, 0.5) is 0 Å². The molecule has 1 aliphatic rings.